The Balaban J connectivity index is 2.51. The van der Waals surface area contributed by atoms with E-state index in [2.05, 4.69) is 12.2 Å². The topological polar surface area (TPSA) is 52.9 Å². The molecular formula is C14H17ClN2O. The summed E-state index contributed by atoms with van der Waals surface area (Å²) >= 11 is 5.96. The van der Waals surface area contributed by atoms with Crippen molar-refractivity contribution in [1.29, 1.82) is 5.26 Å². The monoisotopic (exact) mass is 264 g/mol. The van der Waals surface area contributed by atoms with E-state index < -0.39 is 0 Å². The van der Waals surface area contributed by atoms with E-state index in [1.165, 1.54) is 0 Å². The minimum Gasteiger partial charge on any atom is -0.325 e. The lowest BCUT2D eigenvalue weighted by Gasteiger charge is -2.07. The third-order valence-corrected chi connectivity index (χ3v) is 2.96. The molecule has 1 aromatic rings. The second-order valence-electron chi connectivity index (χ2n) is 4.17. The smallest absolute Gasteiger partial charge is 0.224 e. The second kappa shape index (κ2) is 7.73. The number of nitrogens with zero attached hydrogens (tertiary/aromatic N) is 1. The van der Waals surface area contributed by atoms with Gasteiger partial charge in [0.1, 0.15) is 0 Å². The lowest BCUT2D eigenvalue weighted by atomic mass is 10.1. The Labute approximate surface area is 113 Å². The first-order valence-corrected chi connectivity index (χ1v) is 6.54. The van der Waals surface area contributed by atoms with E-state index in [0.29, 0.717) is 22.7 Å². The molecule has 0 radical (unpaired) electrons. The van der Waals surface area contributed by atoms with Crippen molar-refractivity contribution >= 4 is 23.2 Å². The molecule has 3 nitrogen and oxygen atoms in total. The van der Waals surface area contributed by atoms with Gasteiger partial charge in [0.2, 0.25) is 5.91 Å². The first-order valence-electron chi connectivity index (χ1n) is 6.17. The van der Waals surface area contributed by atoms with E-state index in [-0.39, 0.29) is 5.91 Å². The maximum absolute atomic E-state index is 11.7. The highest BCUT2D eigenvalue weighted by Gasteiger charge is 2.06. The molecule has 0 fully saturated rings. The summed E-state index contributed by atoms with van der Waals surface area (Å²) in [4.78, 5) is 11.7. The van der Waals surface area contributed by atoms with Gasteiger partial charge in [-0.2, -0.15) is 5.26 Å². The third kappa shape index (κ3) is 4.77. The normalized spacial score (nSPS) is 9.83. The quantitative estimate of drug-likeness (QED) is 0.786. The molecule has 0 aromatic heterocycles. The van der Waals surface area contributed by atoms with Crippen LogP contribution in [0.5, 0.6) is 0 Å². The largest absolute Gasteiger partial charge is 0.325 e. The number of carbonyl (C=O) groups is 1. The second-order valence-corrected chi connectivity index (χ2v) is 4.57. The number of unbranched alkanes of at least 4 members (excludes halogenated alkanes) is 3. The summed E-state index contributed by atoms with van der Waals surface area (Å²) in [5.74, 6) is -0.0527. The molecule has 0 bridgehead atoms. The van der Waals surface area contributed by atoms with Gasteiger partial charge < -0.3 is 5.32 Å². The van der Waals surface area contributed by atoms with E-state index in [9.17, 15) is 4.79 Å². The Bertz CT molecular complexity index is 452. The molecule has 1 amide bonds. The van der Waals surface area contributed by atoms with Crippen molar-refractivity contribution < 1.29 is 4.79 Å². The lowest BCUT2D eigenvalue weighted by Crippen LogP contribution is -2.11. The number of rotatable bonds is 6. The summed E-state index contributed by atoms with van der Waals surface area (Å²) in [5, 5.41) is 12.0. The summed E-state index contributed by atoms with van der Waals surface area (Å²) in [6.07, 6.45) is 4.74. The highest BCUT2D eigenvalue weighted by molar-refractivity contribution is 6.33. The molecule has 0 atom stereocenters. The van der Waals surface area contributed by atoms with Gasteiger partial charge >= 0.3 is 0 Å². The molecule has 96 valence electrons. The average molecular weight is 265 g/mol. The Hall–Kier alpha value is -1.53. The fraction of sp³-hybridized carbons (Fsp3) is 0.429. The molecule has 0 saturated carbocycles. The Morgan fingerprint density at radius 1 is 1.39 bits per heavy atom. The number of benzene rings is 1. The van der Waals surface area contributed by atoms with Crippen LogP contribution in [0, 0.1) is 11.3 Å². The molecule has 1 N–H and O–H groups in total. The third-order valence-electron chi connectivity index (χ3n) is 2.63. The van der Waals surface area contributed by atoms with Gasteiger partial charge in [-0.25, -0.2) is 0 Å². The van der Waals surface area contributed by atoms with Crippen molar-refractivity contribution in [1.82, 2.24) is 0 Å². The van der Waals surface area contributed by atoms with E-state index in [0.717, 1.165) is 25.7 Å². The lowest BCUT2D eigenvalue weighted by molar-refractivity contribution is -0.116. The molecule has 1 rings (SSSR count). The van der Waals surface area contributed by atoms with Crippen molar-refractivity contribution in [2.75, 3.05) is 5.32 Å². The number of anilines is 1. The van der Waals surface area contributed by atoms with Gasteiger partial charge in [0.25, 0.3) is 0 Å². The SMILES string of the molecule is CCCCCCC(=O)Nc1cc(C#N)ccc1Cl. The molecule has 0 saturated heterocycles. The predicted octanol–water partition coefficient (Wildman–Crippen LogP) is 4.12. The van der Waals surface area contributed by atoms with Crippen molar-refractivity contribution in [3.05, 3.63) is 28.8 Å². The zero-order valence-corrected chi connectivity index (χ0v) is 11.3. The maximum atomic E-state index is 11.7. The van der Waals surface area contributed by atoms with Crippen LogP contribution >= 0.6 is 11.6 Å². The number of hydrogen-bond acceptors (Lipinski definition) is 2. The van der Waals surface area contributed by atoms with Crippen molar-refractivity contribution in [3.63, 3.8) is 0 Å². The molecule has 0 spiro atoms. The number of nitrogens with one attached hydrogen (secondary N) is 1. The Kier molecular flexibility index (Phi) is 6.24. The summed E-state index contributed by atoms with van der Waals surface area (Å²) in [5.41, 5.74) is 0.997. The Morgan fingerprint density at radius 2 is 2.17 bits per heavy atom. The summed E-state index contributed by atoms with van der Waals surface area (Å²) in [6, 6.07) is 6.85. The molecule has 0 heterocycles. The van der Waals surface area contributed by atoms with Gasteiger partial charge in [-0.15, -0.1) is 0 Å². The number of nitriles is 1. The summed E-state index contributed by atoms with van der Waals surface area (Å²) < 4.78 is 0. The van der Waals surface area contributed by atoms with Gasteiger partial charge in [-0.1, -0.05) is 37.8 Å². The van der Waals surface area contributed by atoms with Crippen molar-refractivity contribution in [2.24, 2.45) is 0 Å². The first kappa shape index (κ1) is 14.5. The highest BCUT2D eigenvalue weighted by Crippen LogP contribution is 2.23. The van der Waals surface area contributed by atoms with E-state index in [1.54, 1.807) is 18.2 Å². The van der Waals surface area contributed by atoms with Crippen LogP contribution in [0.15, 0.2) is 18.2 Å². The standard InChI is InChI=1S/C14H17ClN2O/c1-2-3-4-5-6-14(18)17-13-9-11(10-16)7-8-12(13)15/h7-9H,2-6H2,1H3,(H,17,18). The van der Waals surface area contributed by atoms with Crippen molar-refractivity contribution in [3.8, 4) is 6.07 Å². The zero-order valence-electron chi connectivity index (χ0n) is 10.5. The number of carbonyl (C=O) groups excluding carboxylic acids is 1. The number of halogens is 1. The van der Waals surface area contributed by atoms with Gasteiger partial charge in [0, 0.05) is 6.42 Å². The fourth-order valence-electron chi connectivity index (χ4n) is 1.62. The van der Waals surface area contributed by atoms with Crippen molar-refractivity contribution in [2.45, 2.75) is 39.0 Å². The molecule has 0 aliphatic rings. The molecule has 0 unspecified atom stereocenters. The van der Waals surface area contributed by atoms with Crippen LogP contribution in [0.25, 0.3) is 0 Å². The van der Waals surface area contributed by atoms with E-state index in [4.69, 9.17) is 16.9 Å². The van der Waals surface area contributed by atoms with Gasteiger partial charge in [-0.3, -0.25) is 4.79 Å². The van der Waals surface area contributed by atoms with Gasteiger partial charge in [0.05, 0.1) is 22.3 Å². The van der Waals surface area contributed by atoms with Crippen LogP contribution in [0.2, 0.25) is 5.02 Å². The number of amides is 1. The minimum absolute atomic E-state index is 0.0527. The molecular weight excluding hydrogens is 248 g/mol. The van der Waals surface area contributed by atoms with Crippen LogP contribution in [0.3, 0.4) is 0 Å². The Morgan fingerprint density at radius 3 is 2.83 bits per heavy atom. The highest BCUT2D eigenvalue weighted by atomic mass is 35.5. The number of hydrogen-bond donors (Lipinski definition) is 1. The first-order chi connectivity index (χ1) is 8.67. The van der Waals surface area contributed by atoms with Crippen LogP contribution in [0.1, 0.15) is 44.6 Å². The summed E-state index contributed by atoms with van der Waals surface area (Å²) in [6.45, 7) is 2.13. The van der Waals surface area contributed by atoms with Crippen LogP contribution < -0.4 is 5.32 Å². The van der Waals surface area contributed by atoms with Crippen LogP contribution in [-0.2, 0) is 4.79 Å². The van der Waals surface area contributed by atoms with Crippen LogP contribution in [0.4, 0.5) is 5.69 Å². The molecule has 4 heteroatoms. The van der Waals surface area contributed by atoms with E-state index in [1.807, 2.05) is 6.07 Å². The average Bonchev–Trinajstić information content (AvgIpc) is 2.37. The molecule has 0 aliphatic carbocycles. The predicted molar refractivity (Wildman–Crippen MR) is 73.6 cm³/mol. The molecule has 1 aromatic carbocycles. The maximum Gasteiger partial charge on any atom is 0.224 e. The minimum atomic E-state index is -0.0527. The van der Waals surface area contributed by atoms with Gasteiger partial charge in [-0.05, 0) is 24.6 Å². The molecule has 0 aliphatic heterocycles. The van der Waals surface area contributed by atoms with Crippen LogP contribution in [-0.4, -0.2) is 5.91 Å². The van der Waals surface area contributed by atoms with Gasteiger partial charge in [0.15, 0.2) is 0 Å². The summed E-state index contributed by atoms with van der Waals surface area (Å²) in [7, 11) is 0. The zero-order chi connectivity index (χ0) is 13.4. The fourth-order valence-corrected chi connectivity index (χ4v) is 1.78. The van der Waals surface area contributed by atoms with E-state index >= 15 is 0 Å². The molecule has 18 heavy (non-hydrogen) atoms.